The van der Waals surface area contributed by atoms with E-state index in [0.717, 1.165) is 25.0 Å². The highest BCUT2D eigenvalue weighted by molar-refractivity contribution is 5.81. The minimum atomic E-state index is 0.725. The molecule has 1 heterocycles. The molecule has 0 bridgehead atoms. The molecule has 3 rings (SSSR count). The molecule has 0 radical (unpaired) electrons. The van der Waals surface area contributed by atoms with E-state index in [0.29, 0.717) is 0 Å². The molecule has 1 saturated carbocycles. The van der Waals surface area contributed by atoms with Gasteiger partial charge in [-0.25, -0.2) is 0 Å². The number of para-hydroxylation sites is 1. The van der Waals surface area contributed by atoms with Gasteiger partial charge in [0, 0.05) is 24.5 Å². The van der Waals surface area contributed by atoms with Crippen molar-refractivity contribution in [1.82, 2.24) is 15.1 Å². The Morgan fingerprint density at radius 3 is 2.70 bits per heavy atom. The van der Waals surface area contributed by atoms with Crippen LogP contribution >= 0.6 is 0 Å². The summed E-state index contributed by atoms with van der Waals surface area (Å²) in [5, 5.41) is 9.77. The van der Waals surface area contributed by atoms with Gasteiger partial charge in [-0.05, 0) is 24.8 Å². The van der Waals surface area contributed by atoms with Crippen LogP contribution in [0.5, 0.6) is 0 Å². The number of rotatable bonds is 7. The number of benzene rings is 1. The molecule has 1 aromatic carbocycles. The van der Waals surface area contributed by atoms with Crippen LogP contribution < -0.4 is 5.32 Å². The average Bonchev–Trinajstić information content (AvgIpc) is 3.25. The predicted molar refractivity (Wildman–Crippen MR) is 83.7 cm³/mol. The Bertz CT molecular complexity index is 565. The van der Waals surface area contributed by atoms with E-state index >= 15 is 0 Å². The molecule has 2 aromatic rings. The van der Waals surface area contributed by atoms with E-state index in [1.807, 2.05) is 0 Å². The van der Waals surface area contributed by atoms with Crippen LogP contribution in [-0.2, 0) is 13.1 Å². The van der Waals surface area contributed by atoms with Crippen LogP contribution in [0, 0.1) is 5.92 Å². The van der Waals surface area contributed by atoms with E-state index in [9.17, 15) is 0 Å². The fourth-order valence-corrected chi connectivity index (χ4v) is 2.79. The summed E-state index contributed by atoms with van der Waals surface area (Å²) in [4.78, 5) is 0. The van der Waals surface area contributed by atoms with Crippen molar-refractivity contribution < 1.29 is 0 Å². The molecule has 108 valence electrons. The highest BCUT2D eigenvalue weighted by Gasteiger charge is 2.21. The maximum absolute atomic E-state index is 4.88. The minimum Gasteiger partial charge on any atom is -0.308 e. The number of nitrogens with zero attached hydrogens (tertiary/aromatic N) is 2. The number of fused-ring (bicyclic) bond motifs is 1. The lowest BCUT2D eigenvalue weighted by atomic mass is 10.0. The molecule has 0 saturated heterocycles. The summed E-state index contributed by atoms with van der Waals surface area (Å²) in [5.41, 5.74) is 2.49. The summed E-state index contributed by atoms with van der Waals surface area (Å²) in [7, 11) is 0. The van der Waals surface area contributed by atoms with E-state index in [1.54, 1.807) is 0 Å². The van der Waals surface area contributed by atoms with Crippen LogP contribution in [0.15, 0.2) is 24.3 Å². The minimum absolute atomic E-state index is 0.725. The molecule has 1 aliphatic carbocycles. The summed E-state index contributed by atoms with van der Waals surface area (Å²) < 4.78 is 2.22. The molecule has 1 aliphatic rings. The van der Waals surface area contributed by atoms with E-state index in [1.165, 1.54) is 42.3 Å². The zero-order valence-corrected chi connectivity index (χ0v) is 12.6. The summed E-state index contributed by atoms with van der Waals surface area (Å²) in [5.74, 6) is 0.725. The second kappa shape index (κ2) is 5.96. The van der Waals surface area contributed by atoms with E-state index < -0.39 is 0 Å². The largest absolute Gasteiger partial charge is 0.308 e. The van der Waals surface area contributed by atoms with Gasteiger partial charge < -0.3 is 5.32 Å². The van der Waals surface area contributed by atoms with Crippen LogP contribution in [0.2, 0.25) is 0 Å². The summed E-state index contributed by atoms with van der Waals surface area (Å²) in [6.07, 6.45) is 5.10. The standard InChI is InChI=1S/C17H25N3/c1-3-13(4-2)12-20-17-8-6-5-7-15(17)16(19-20)11-18-14-9-10-14/h5-8,13-14,18H,3-4,9-12H2,1-2H3. The smallest absolute Gasteiger partial charge is 0.0841 e. The molecule has 0 aliphatic heterocycles. The maximum atomic E-state index is 4.88. The fraction of sp³-hybridized carbons (Fsp3) is 0.588. The topological polar surface area (TPSA) is 29.9 Å². The second-order valence-corrected chi connectivity index (χ2v) is 5.98. The summed E-state index contributed by atoms with van der Waals surface area (Å²) in [6.45, 7) is 6.49. The molecular weight excluding hydrogens is 246 g/mol. The van der Waals surface area contributed by atoms with Crippen molar-refractivity contribution in [2.45, 2.75) is 58.7 Å². The van der Waals surface area contributed by atoms with Gasteiger partial charge in [0.25, 0.3) is 0 Å². The molecule has 1 fully saturated rings. The lowest BCUT2D eigenvalue weighted by molar-refractivity contribution is 0.401. The molecule has 0 spiro atoms. The molecule has 0 unspecified atom stereocenters. The van der Waals surface area contributed by atoms with Gasteiger partial charge in [0.15, 0.2) is 0 Å². The molecule has 1 aromatic heterocycles. The van der Waals surface area contributed by atoms with Crippen molar-refractivity contribution in [2.24, 2.45) is 5.92 Å². The first-order valence-corrected chi connectivity index (χ1v) is 7.99. The number of hydrogen-bond donors (Lipinski definition) is 1. The van der Waals surface area contributed by atoms with Crippen molar-refractivity contribution in [3.63, 3.8) is 0 Å². The lowest BCUT2D eigenvalue weighted by Gasteiger charge is -2.12. The van der Waals surface area contributed by atoms with E-state index in [2.05, 4.69) is 48.1 Å². The first-order valence-electron chi connectivity index (χ1n) is 7.99. The Balaban J connectivity index is 1.86. The molecule has 3 nitrogen and oxygen atoms in total. The molecule has 20 heavy (non-hydrogen) atoms. The first kappa shape index (κ1) is 13.6. The van der Waals surface area contributed by atoms with Crippen LogP contribution in [0.3, 0.4) is 0 Å². The van der Waals surface area contributed by atoms with Gasteiger partial charge in [0.05, 0.1) is 11.2 Å². The Labute approximate surface area is 121 Å². The highest BCUT2D eigenvalue weighted by Crippen LogP contribution is 2.23. The highest BCUT2D eigenvalue weighted by atomic mass is 15.3. The van der Waals surface area contributed by atoms with Gasteiger partial charge in [-0.2, -0.15) is 5.10 Å². The van der Waals surface area contributed by atoms with Gasteiger partial charge in [0.2, 0.25) is 0 Å². The zero-order chi connectivity index (χ0) is 13.9. The molecule has 0 atom stereocenters. The van der Waals surface area contributed by atoms with Gasteiger partial charge in [-0.1, -0.05) is 44.9 Å². The molecular formula is C17H25N3. The normalized spacial score (nSPS) is 15.3. The van der Waals surface area contributed by atoms with Crippen molar-refractivity contribution in [2.75, 3.05) is 0 Å². The first-order chi connectivity index (χ1) is 9.81. The second-order valence-electron chi connectivity index (χ2n) is 5.98. The Hall–Kier alpha value is -1.35. The Morgan fingerprint density at radius 1 is 1.25 bits per heavy atom. The predicted octanol–water partition coefficient (Wildman–Crippen LogP) is 3.72. The average molecular weight is 271 g/mol. The Kier molecular flexibility index (Phi) is 4.06. The van der Waals surface area contributed by atoms with Gasteiger partial charge >= 0.3 is 0 Å². The molecule has 3 heteroatoms. The zero-order valence-electron chi connectivity index (χ0n) is 12.6. The monoisotopic (exact) mass is 271 g/mol. The van der Waals surface area contributed by atoms with Crippen molar-refractivity contribution in [3.05, 3.63) is 30.0 Å². The van der Waals surface area contributed by atoms with Crippen molar-refractivity contribution >= 4 is 10.9 Å². The summed E-state index contributed by atoms with van der Waals surface area (Å²) >= 11 is 0. The van der Waals surface area contributed by atoms with Gasteiger partial charge in [-0.15, -0.1) is 0 Å². The van der Waals surface area contributed by atoms with Crippen molar-refractivity contribution in [1.29, 1.82) is 0 Å². The number of nitrogens with one attached hydrogen (secondary N) is 1. The third-order valence-corrected chi connectivity index (χ3v) is 4.46. The number of aromatic nitrogens is 2. The van der Waals surface area contributed by atoms with Crippen LogP contribution in [-0.4, -0.2) is 15.8 Å². The van der Waals surface area contributed by atoms with Crippen LogP contribution in [0.25, 0.3) is 10.9 Å². The fourth-order valence-electron chi connectivity index (χ4n) is 2.79. The van der Waals surface area contributed by atoms with Gasteiger partial charge in [0.1, 0.15) is 0 Å². The van der Waals surface area contributed by atoms with Crippen LogP contribution in [0.1, 0.15) is 45.2 Å². The van der Waals surface area contributed by atoms with Crippen LogP contribution in [0.4, 0.5) is 0 Å². The van der Waals surface area contributed by atoms with E-state index in [4.69, 9.17) is 5.10 Å². The lowest BCUT2D eigenvalue weighted by Crippen LogP contribution is -2.16. The number of hydrogen-bond acceptors (Lipinski definition) is 2. The Morgan fingerprint density at radius 2 is 2.00 bits per heavy atom. The molecule has 1 N–H and O–H groups in total. The third kappa shape index (κ3) is 2.88. The quantitative estimate of drug-likeness (QED) is 0.831. The van der Waals surface area contributed by atoms with Crippen molar-refractivity contribution in [3.8, 4) is 0 Å². The van der Waals surface area contributed by atoms with E-state index in [-0.39, 0.29) is 0 Å². The third-order valence-electron chi connectivity index (χ3n) is 4.46. The maximum Gasteiger partial charge on any atom is 0.0841 e. The summed E-state index contributed by atoms with van der Waals surface area (Å²) in [6, 6.07) is 9.37. The SMILES string of the molecule is CCC(CC)Cn1nc(CNC2CC2)c2ccccc21. The molecule has 0 amide bonds. The van der Waals surface area contributed by atoms with Gasteiger partial charge in [-0.3, -0.25) is 4.68 Å².